The molecule has 60 valence electrons. The van der Waals surface area contributed by atoms with E-state index < -0.39 is 7.82 Å². The Morgan fingerprint density at radius 1 is 1.55 bits per heavy atom. The Morgan fingerprint density at radius 2 is 2.09 bits per heavy atom. The van der Waals surface area contributed by atoms with Gasteiger partial charge in [-0.2, -0.15) is 0 Å². The van der Waals surface area contributed by atoms with Gasteiger partial charge in [0.15, 0.2) is 0 Å². The number of hydrogen-bond acceptors (Lipinski definition) is 4. The van der Waals surface area contributed by atoms with Crippen molar-refractivity contribution >= 4 is 7.82 Å². The SMILES string of the molecule is O=P([O-])(O)O[n+]1ccncc1. The quantitative estimate of drug-likeness (QED) is 0.427. The number of nitrogens with zero attached hydrogens (tertiary/aromatic N) is 2. The summed E-state index contributed by atoms with van der Waals surface area (Å²) in [5.41, 5.74) is 0. The second-order valence-corrected chi connectivity index (χ2v) is 2.76. The Kier molecular flexibility index (Phi) is 2.19. The molecule has 0 aromatic carbocycles. The van der Waals surface area contributed by atoms with Crippen LogP contribution >= 0.6 is 7.82 Å². The van der Waals surface area contributed by atoms with Crippen LogP contribution in [-0.2, 0) is 4.57 Å². The van der Waals surface area contributed by atoms with Crippen LogP contribution in [0.2, 0.25) is 0 Å². The van der Waals surface area contributed by atoms with E-state index >= 15 is 0 Å². The highest BCUT2D eigenvalue weighted by atomic mass is 31.2. The Balaban J connectivity index is 2.74. The maximum Gasteiger partial charge on any atom is 0.388 e. The van der Waals surface area contributed by atoms with Crippen molar-refractivity contribution in [2.24, 2.45) is 0 Å². The van der Waals surface area contributed by atoms with Crippen molar-refractivity contribution in [1.82, 2.24) is 4.98 Å². The van der Waals surface area contributed by atoms with Crippen molar-refractivity contribution in [2.45, 2.75) is 0 Å². The largest absolute Gasteiger partial charge is 0.742 e. The molecule has 0 aliphatic carbocycles. The van der Waals surface area contributed by atoms with Gasteiger partial charge in [0.2, 0.25) is 12.4 Å². The minimum Gasteiger partial charge on any atom is -0.742 e. The lowest BCUT2D eigenvalue weighted by Gasteiger charge is -2.08. The second-order valence-electron chi connectivity index (χ2n) is 1.66. The van der Waals surface area contributed by atoms with Gasteiger partial charge in [-0.3, -0.25) is 9.55 Å². The Morgan fingerprint density at radius 3 is 2.55 bits per heavy atom. The molecule has 1 aromatic heterocycles. The van der Waals surface area contributed by atoms with E-state index in [1.807, 2.05) is 0 Å². The number of aromatic nitrogens is 2. The summed E-state index contributed by atoms with van der Waals surface area (Å²) in [7, 11) is -4.70. The van der Waals surface area contributed by atoms with Gasteiger partial charge in [0.05, 0.1) is 12.4 Å². The van der Waals surface area contributed by atoms with E-state index in [1.54, 1.807) is 0 Å². The Hall–Kier alpha value is -0.970. The monoisotopic (exact) mass is 176 g/mol. The van der Waals surface area contributed by atoms with Gasteiger partial charge in [-0.25, -0.2) is 4.62 Å². The van der Waals surface area contributed by atoms with Gasteiger partial charge < -0.3 is 9.79 Å². The summed E-state index contributed by atoms with van der Waals surface area (Å²) in [6, 6.07) is 0. The first-order valence-electron chi connectivity index (χ1n) is 2.63. The van der Waals surface area contributed by atoms with Crippen LogP contribution in [0.3, 0.4) is 0 Å². The maximum absolute atomic E-state index is 10.1. The fraction of sp³-hybridized carbons (Fsp3) is 0. The van der Waals surface area contributed by atoms with Gasteiger partial charge >= 0.3 is 7.82 Å². The maximum atomic E-state index is 10.1. The van der Waals surface area contributed by atoms with Crippen LogP contribution in [0.15, 0.2) is 24.8 Å². The topological polar surface area (TPSA) is 86.4 Å². The molecule has 1 N–H and O–H groups in total. The van der Waals surface area contributed by atoms with Gasteiger partial charge in [-0.05, 0) is 0 Å². The predicted molar refractivity (Wildman–Crippen MR) is 30.8 cm³/mol. The normalized spacial score (nSPS) is 15.5. The molecule has 1 atom stereocenters. The molecular weight excluding hydrogens is 171 g/mol. The van der Waals surface area contributed by atoms with Crippen LogP contribution in [-0.4, -0.2) is 9.88 Å². The van der Waals surface area contributed by atoms with Crippen molar-refractivity contribution in [3.05, 3.63) is 24.8 Å². The van der Waals surface area contributed by atoms with Crippen LogP contribution in [0.25, 0.3) is 0 Å². The van der Waals surface area contributed by atoms with E-state index in [9.17, 15) is 9.46 Å². The molecule has 1 rings (SSSR count). The summed E-state index contributed by atoms with van der Waals surface area (Å²) < 4.78 is 15.0. The number of phosphoric acid groups is 1. The number of hydrogen-bond donors (Lipinski definition) is 1. The van der Waals surface area contributed by atoms with Gasteiger partial charge in [0, 0.05) is 4.73 Å². The first-order valence-corrected chi connectivity index (χ1v) is 4.13. The summed E-state index contributed by atoms with van der Waals surface area (Å²) in [5, 5.41) is 0. The highest BCUT2D eigenvalue weighted by Crippen LogP contribution is 2.22. The predicted octanol–water partition coefficient (Wildman–Crippen LogP) is -1.74. The van der Waals surface area contributed by atoms with Gasteiger partial charge in [0.1, 0.15) is 0 Å². The minimum absolute atomic E-state index is 0.820. The molecule has 1 aromatic rings. The van der Waals surface area contributed by atoms with E-state index in [-0.39, 0.29) is 0 Å². The average molecular weight is 176 g/mol. The lowest BCUT2D eigenvalue weighted by Crippen LogP contribution is -2.41. The lowest BCUT2D eigenvalue weighted by molar-refractivity contribution is -0.864. The smallest absolute Gasteiger partial charge is 0.388 e. The fourth-order valence-corrected chi connectivity index (χ4v) is 0.829. The van der Waals surface area contributed by atoms with Gasteiger partial charge in [-0.1, -0.05) is 0 Å². The summed E-state index contributed by atoms with van der Waals surface area (Å²) in [4.78, 5) is 21.9. The first kappa shape index (κ1) is 8.13. The second kappa shape index (κ2) is 2.96. The molecule has 0 aliphatic heterocycles. The third-order valence-corrected chi connectivity index (χ3v) is 1.19. The van der Waals surface area contributed by atoms with E-state index in [0.29, 0.717) is 0 Å². The zero-order valence-corrected chi connectivity index (χ0v) is 6.22. The van der Waals surface area contributed by atoms with Crippen molar-refractivity contribution in [1.29, 1.82) is 0 Å². The standard InChI is InChI=1S/C4H5N2O4P/c7-11(8,9)10-6-3-1-5-2-4-6/h1-4H,(H-,7,8,9). The average Bonchev–Trinajstić information content (AvgIpc) is 1.85. The third-order valence-electron chi connectivity index (χ3n) is 0.797. The first-order chi connectivity index (χ1) is 5.08. The third kappa shape index (κ3) is 3.08. The van der Waals surface area contributed by atoms with Crippen molar-refractivity contribution in [2.75, 3.05) is 0 Å². The molecular formula is C4H5N2O4P. The van der Waals surface area contributed by atoms with E-state index in [4.69, 9.17) is 4.89 Å². The molecule has 0 bridgehead atoms. The zero-order valence-electron chi connectivity index (χ0n) is 5.32. The number of rotatable bonds is 2. The van der Waals surface area contributed by atoms with Crippen LogP contribution in [0.5, 0.6) is 0 Å². The van der Waals surface area contributed by atoms with Crippen LogP contribution < -0.4 is 14.2 Å². The van der Waals surface area contributed by atoms with E-state index in [1.165, 1.54) is 24.8 Å². The molecule has 1 unspecified atom stereocenters. The summed E-state index contributed by atoms with van der Waals surface area (Å²) in [6.45, 7) is 0. The molecule has 11 heavy (non-hydrogen) atoms. The lowest BCUT2D eigenvalue weighted by atomic mass is 10.8. The highest BCUT2D eigenvalue weighted by molar-refractivity contribution is 7.44. The zero-order chi connectivity index (χ0) is 8.32. The van der Waals surface area contributed by atoms with E-state index in [2.05, 4.69) is 9.61 Å². The summed E-state index contributed by atoms with van der Waals surface area (Å²) in [5.74, 6) is 0. The molecule has 0 radical (unpaired) electrons. The molecule has 0 fully saturated rings. The van der Waals surface area contributed by atoms with Crippen molar-refractivity contribution in [3.63, 3.8) is 0 Å². The summed E-state index contributed by atoms with van der Waals surface area (Å²) >= 11 is 0. The van der Waals surface area contributed by atoms with Crippen molar-refractivity contribution in [3.8, 4) is 0 Å². The van der Waals surface area contributed by atoms with Crippen molar-refractivity contribution < 1.29 is 23.7 Å². The minimum atomic E-state index is -4.70. The molecule has 0 spiro atoms. The Labute approximate surface area is 62.3 Å². The Bertz CT molecular complexity index is 271. The molecule has 0 saturated heterocycles. The molecule has 0 saturated carbocycles. The van der Waals surface area contributed by atoms with Crippen LogP contribution in [0.1, 0.15) is 0 Å². The van der Waals surface area contributed by atoms with E-state index in [0.717, 1.165) is 4.73 Å². The van der Waals surface area contributed by atoms with Crippen LogP contribution in [0.4, 0.5) is 0 Å². The van der Waals surface area contributed by atoms with Crippen LogP contribution in [0, 0.1) is 0 Å². The summed E-state index contributed by atoms with van der Waals surface area (Å²) in [6.07, 6.45) is 5.10. The molecule has 0 aliphatic rings. The van der Waals surface area contributed by atoms with Gasteiger partial charge in [-0.15, -0.1) is 0 Å². The van der Waals surface area contributed by atoms with Gasteiger partial charge in [0.25, 0.3) is 0 Å². The molecule has 6 nitrogen and oxygen atoms in total. The fourth-order valence-electron chi connectivity index (χ4n) is 0.481. The molecule has 0 amide bonds. The molecule has 7 heteroatoms. The molecule has 1 heterocycles. The highest BCUT2D eigenvalue weighted by Gasteiger charge is 2.09.